The molecular weight excluding hydrogens is 176 g/mol. The number of carbonyl (C=O) groups excluding carboxylic acids is 1. The van der Waals surface area contributed by atoms with E-state index in [0.29, 0.717) is 17.4 Å². The number of nitrogens with one attached hydrogen (secondary N) is 1. The van der Waals surface area contributed by atoms with Gasteiger partial charge in [0, 0.05) is 24.5 Å². The van der Waals surface area contributed by atoms with Crippen LogP contribution in [0.1, 0.15) is 32.6 Å². The van der Waals surface area contributed by atoms with Gasteiger partial charge in [-0.3, -0.25) is 4.79 Å². The zero-order chi connectivity index (χ0) is 9.76. The molecule has 3 nitrogen and oxygen atoms in total. The second-order valence-corrected chi connectivity index (χ2v) is 5.30. The number of hydrogen-bond acceptors (Lipinski definition) is 2. The molecule has 1 atom stereocenters. The molecule has 1 amide bonds. The summed E-state index contributed by atoms with van der Waals surface area (Å²) in [4.78, 5) is 14.2. The van der Waals surface area contributed by atoms with Crippen LogP contribution in [0.2, 0.25) is 0 Å². The SMILES string of the molecule is CC1NCC2(CC2)CN(C2CC2)C1=O. The number of nitrogens with zero attached hydrogens (tertiary/aromatic N) is 1. The molecule has 3 aliphatic rings. The van der Waals surface area contributed by atoms with Gasteiger partial charge in [-0.2, -0.15) is 0 Å². The first-order valence-electron chi connectivity index (χ1n) is 5.74. The van der Waals surface area contributed by atoms with Gasteiger partial charge < -0.3 is 10.2 Å². The minimum absolute atomic E-state index is 0.0376. The Labute approximate surface area is 84.8 Å². The van der Waals surface area contributed by atoms with Gasteiger partial charge in [0.15, 0.2) is 0 Å². The van der Waals surface area contributed by atoms with Gasteiger partial charge in [0.1, 0.15) is 0 Å². The van der Waals surface area contributed by atoms with Crippen molar-refractivity contribution in [1.29, 1.82) is 0 Å². The maximum absolute atomic E-state index is 12.0. The van der Waals surface area contributed by atoms with Crippen LogP contribution in [0.15, 0.2) is 0 Å². The summed E-state index contributed by atoms with van der Waals surface area (Å²) in [5.41, 5.74) is 0.461. The van der Waals surface area contributed by atoms with Crippen molar-refractivity contribution in [1.82, 2.24) is 10.2 Å². The van der Waals surface area contributed by atoms with E-state index in [0.717, 1.165) is 13.1 Å². The fourth-order valence-electron chi connectivity index (χ4n) is 2.41. The summed E-state index contributed by atoms with van der Waals surface area (Å²) in [5.74, 6) is 0.330. The molecule has 0 bridgehead atoms. The van der Waals surface area contributed by atoms with Crippen LogP contribution in [0, 0.1) is 5.41 Å². The van der Waals surface area contributed by atoms with Crippen LogP contribution in [0.5, 0.6) is 0 Å². The van der Waals surface area contributed by atoms with Crippen LogP contribution < -0.4 is 5.32 Å². The first-order chi connectivity index (χ1) is 6.70. The Kier molecular flexibility index (Phi) is 1.69. The molecule has 2 saturated carbocycles. The largest absolute Gasteiger partial charge is 0.338 e. The predicted octanol–water partition coefficient (Wildman–Crippen LogP) is 0.749. The van der Waals surface area contributed by atoms with E-state index >= 15 is 0 Å². The predicted molar refractivity (Wildman–Crippen MR) is 53.9 cm³/mol. The molecule has 0 aromatic heterocycles. The number of carbonyl (C=O) groups is 1. The van der Waals surface area contributed by atoms with E-state index in [4.69, 9.17) is 0 Å². The minimum atomic E-state index is 0.0376. The molecule has 1 aliphatic heterocycles. The summed E-state index contributed by atoms with van der Waals surface area (Å²) in [6.07, 6.45) is 5.08. The van der Waals surface area contributed by atoms with Gasteiger partial charge in [-0.25, -0.2) is 0 Å². The Bertz CT molecular complexity index is 268. The first kappa shape index (κ1) is 8.72. The van der Waals surface area contributed by atoms with E-state index in [1.54, 1.807) is 0 Å². The van der Waals surface area contributed by atoms with Crippen molar-refractivity contribution < 1.29 is 4.79 Å². The molecule has 14 heavy (non-hydrogen) atoms. The van der Waals surface area contributed by atoms with Gasteiger partial charge in [0.2, 0.25) is 5.91 Å². The van der Waals surface area contributed by atoms with E-state index in [1.165, 1.54) is 25.7 Å². The topological polar surface area (TPSA) is 32.3 Å². The van der Waals surface area contributed by atoms with Crippen LogP contribution in [0.4, 0.5) is 0 Å². The van der Waals surface area contributed by atoms with Gasteiger partial charge in [-0.15, -0.1) is 0 Å². The Hall–Kier alpha value is -0.570. The van der Waals surface area contributed by atoms with Gasteiger partial charge >= 0.3 is 0 Å². The van der Waals surface area contributed by atoms with Crippen molar-refractivity contribution in [2.75, 3.05) is 13.1 Å². The third-order valence-electron chi connectivity index (χ3n) is 3.89. The fourth-order valence-corrected chi connectivity index (χ4v) is 2.41. The van der Waals surface area contributed by atoms with Gasteiger partial charge in [0.05, 0.1) is 6.04 Å². The quantitative estimate of drug-likeness (QED) is 0.668. The summed E-state index contributed by atoms with van der Waals surface area (Å²) in [7, 11) is 0. The number of amides is 1. The fraction of sp³-hybridized carbons (Fsp3) is 0.909. The van der Waals surface area contributed by atoms with Crippen molar-refractivity contribution in [3.05, 3.63) is 0 Å². The summed E-state index contributed by atoms with van der Waals surface area (Å²) in [5, 5.41) is 3.37. The highest BCUT2D eigenvalue weighted by Crippen LogP contribution is 2.48. The molecule has 1 N–H and O–H groups in total. The van der Waals surface area contributed by atoms with E-state index in [-0.39, 0.29) is 6.04 Å². The number of rotatable bonds is 1. The van der Waals surface area contributed by atoms with Crippen LogP contribution in [0.3, 0.4) is 0 Å². The third-order valence-corrected chi connectivity index (χ3v) is 3.89. The van der Waals surface area contributed by atoms with Crippen LogP contribution in [-0.2, 0) is 4.79 Å². The molecule has 78 valence electrons. The molecule has 3 fully saturated rings. The van der Waals surface area contributed by atoms with E-state index in [1.807, 2.05) is 6.92 Å². The lowest BCUT2D eigenvalue weighted by Crippen LogP contribution is -2.42. The summed E-state index contributed by atoms with van der Waals surface area (Å²) in [6.45, 7) is 4.07. The molecule has 0 aromatic carbocycles. The molecule has 1 heterocycles. The standard InChI is InChI=1S/C11H18N2O/c1-8-10(14)13(9-2-3-9)7-11(4-5-11)6-12-8/h8-9,12H,2-7H2,1H3. The molecule has 2 aliphatic carbocycles. The Morgan fingerprint density at radius 1 is 1.43 bits per heavy atom. The molecule has 1 saturated heterocycles. The average molecular weight is 194 g/mol. The summed E-state index contributed by atoms with van der Waals surface area (Å²) in [6, 6.07) is 0.623. The summed E-state index contributed by atoms with van der Waals surface area (Å²) < 4.78 is 0. The van der Waals surface area contributed by atoms with Crippen molar-refractivity contribution >= 4 is 5.91 Å². The minimum Gasteiger partial charge on any atom is -0.338 e. The highest BCUT2D eigenvalue weighted by atomic mass is 16.2. The Morgan fingerprint density at radius 3 is 2.71 bits per heavy atom. The highest BCUT2D eigenvalue weighted by Gasteiger charge is 2.49. The van der Waals surface area contributed by atoms with Crippen molar-refractivity contribution in [3.8, 4) is 0 Å². The number of hydrogen-bond donors (Lipinski definition) is 1. The van der Waals surface area contributed by atoms with E-state index in [2.05, 4.69) is 10.2 Å². The Balaban J connectivity index is 1.81. The van der Waals surface area contributed by atoms with E-state index < -0.39 is 0 Å². The van der Waals surface area contributed by atoms with E-state index in [9.17, 15) is 4.79 Å². The molecule has 3 heteroatoms. The van der Waals surface area contributed by atoms with Gasteiger partial charge in [-0.05, 0) is 32.6 Å². The monoisotopic (exact) mass is 194 g/mol. The van der Waals surface area contributed by atoms with Crippen molar-refractivity contribution in [2.45, 2.75) is 44.7 Å². The van der Waals surface area contributed by atoms with Crippen LogP contribution in [-0.4, -0.2) is 36.0 Å². The molecular formula is C11H18N2O. The maximum Gasteiger partial charge on any atom is 0.239 e. The molecule has 3 rings (SSSR count). The molecule has 1 spiro atoms. The van der Waals surface area contributed by atoms with Crippen LogP contribution >= 0.6 is 0 Å². The van der Waals surface area contributed by atoms with Gasteiger partial charge in [0.25, 0.3) is 0 Å². The Morgan fingerprint density at radius 2 is 2.14 bits per heavy atom. The smallest absolute Gasteiger partial charge is 0.239 e. The third kappa shape index (κ3) is 1.34. The van der Waals surface area contributed by atoms with Crippen LogP contribution in [0.25, 0.3) is 0 Å². The van der Waals surface area contributed by atoms with Gasteiger partial charge in [-0.1, -0.05) is 0 Å². The zero-order valence-electron chi connectivity index (χ0n) is 8.75. The molecule has 0 aromatic rings. The second-order valence-electron chi connectivity index (χ2n) is 5.30. The lowest BCUT2D eigenvalue weighted by molar-refractivity contribution is -0.133. The summed E-state index contributed by atoms with van der Waals surface area (Å²) >= 11 is 0. The molecule has 0 radical (unpaired) electrons. The highest BCUT2D eigenvalue weighted by molar-refractivity contribution is 5.82. The zero-order valence-corrected chi connectivity index (χ0v) is 8.75. The van der Waals surface area contributed by atoms with Crippen molar-refractivity contribution in [3.63, 3.8) is 0 Å². The second kappa shape index (κ2) is 2.72. The maximum atomic E-state index is 12.0. The normalized spacial score (nSPS) is 35.9. The first-order valence-corrected chi connectivity index (χ1v) is 5.74. The lowest BCUT2D eigenvalue weighted by Gasteiger charge is -2.24. The lowest BCUT2D eigenvalue weighted by atomic mass is 10.1. The van der Waals surface area contributed by atoms with Crippen molar-refractivity contribution in [2.24, 2.45) is 5.41 Å². The molecule has 1 unspecified atom stereocenters. The average Bonchev–Trinajstić information content (AvgIpc) is 2.99.